The fraction of sp³-hybridized carbons (Fsp3) is 0.429. The summed E-state index contributed by atoms with van der Waals surface area (Å²) in [5.74, 6) is -1.55. The van der Waals surface area contributed by atoms with Crippen molar-refractivity contribution in [2.75, 3.05) is 6.54 Å². The molecule has 1 aliphatic heterocycles. The first-order valence-electron chi connectivity index (χ1n) is 12.6. The summed E-state index contributed by atoms with van der Waals surface area (Å²) >= 11 is 0. The predicted octanol–water partition coefficient (Wildman–Crippen LogP) is 4.35. The molecule has 1 aliphatic rings. The van der Waals surface area contributed by atoms with E-state index in [4.69, 9.17) is 4.84 Å². The maximum absolute atomic E-state index is 13.0. The summed E-state index contributed by atoms with van der Waals surface area (Å²) in [5, 5.41) is 6.24. The van der Waals surface area contributed by atoms with Crippen LogP contribution in [-0.2, 0) is 21.0 Å². The second-order valence-corrected chi connectivity index (χ2v) is 9.92. The molecule has 1 fully saturated rings. The fourth-order valence-electron chi connectivity index (χ4n) is 4.26. The van der Waals surface area contributed by atoms with E-state index in [1.807, 2.05) is 67.6 Å². The number of hydroxylamine groups is 2. The lowest BCUT2D eigenvalue weighted by Gasteiger charge is -2.28. The Morgan fingerprint density at radius 2 is 1.62 bits per heavy atom. The molecule has 9 heteroatoms. The average molecular weight is 509 g/mol. The van der Waals surface area contributed by atoms with Crippen LogP contribution in [0.15, 0.2) is 60.7 Å². The predicted molar refractivity (Wildman–Crippen MR) is 139 cm³/mol. The Bertz CT molecular complexity index is 1090. The number of hydrogen-bond acceptors (Lipinski definition) is 5. The van der Waals surface area contributed by atoms with Gasteiger partial charge in [-0.15, -0.1) is 5.06 Å². The van der Waals surface area contributed by atoms with Gasteiger partial charge in [0.25, 0.3) is 5.91 Å². The lowest BCUT2D eigenvalue weighted by molar-refractivity contribution is -0.140. The molecule has 0 aliphatic carbocycles. The molecule has 37 heavy (non-hydrogen) atoms. The molecule has 4 amide bonds. The molecule has 0 bridgehead atoms. The third kappa shape index (κ3) is 7.31. The van der Waals surface area contributed by atoms with E-state index in [2.05, 4.69) is 10.6 Å². The Morgan fingerprint density at radius 3 is 2.24 bits per heavy atom. The van der Waals surface area contributed by atoms with Gasteiger partial charge in [-0.2, -0.15) is 0 Å². The second kappa shape index (κ2) is 12.4. The molecular formula is C28H36N4O5. The highest BCUT2D eigenvalue weighted by molar-refractivity contribution is 6.38. The normalized spacial score (nSPS) is 16.2. The molecule has 0 aromatic heterocycles. The van der Waals surface area contributed by atoms with Gasteiger partial charge in [0, 0.05) is 13.1 Å². The standard InChI is InChI=1S/C28H36N4O5/c1-5-6-17-23(24(33)25(34)29-20(2)22-15-11-8-12-16-22)30-26(35)37-32-27(36)31(19-28(32,3)4)18-21-13-9-7-10-14-21/h7-16,20,23H,5-6,17-19H2,1-4H3,(H,29,34)(H,30,35)/t20-,23+/m1/s1. The Labute approximate surface area is 218 Å². The van der Waals surface area contributed by atoms with Crippen LogP contribution >= 0.6 is 0 Å². The largest absolute Gasteiger partial charge is 0.432 e. The summed E-state index contributed by atoms with van der Waals surface area (Å²) in [6.07, 6.45) is 0.710. The van der Waals surface area contributed by atoms with Crippen molar-refractivity contribution < 1.29 is 24.0 Å². The monoisotopic (exact) mass is 508 g/mol. The summed E-state index contributed by atoms with van der Waals surface area (Å²) < 4.78 is 0. The number of Topliss-reactive ketones (excluding diaryl/α,β-unsaturated/α-hetero) is 1. The summed E-state index contributed by atoms with van der Waals surface area (Å²) in [4.78, 5) is 58.5. The fourth-order valence-corrected chi connectivity index (χ4v) is 4.26. The zero-order valence-electron chi connectivity index (χ0n) is 21.9. The van der Waals surface area contributed by atoms with Crippen LogP contribution in [0.4, 0.5) is 9.59 Å². The molecule has 198 valence electrons. The zero-order valence-corrected chi connectivity index (χ0v) is 21.9. The van der Waals surface area contributed by atoms with Gasteiger partial charge in [0.05, 0.1) is 11.6 Å². The van der Waals surface area contributed by atoms with Crippen molar-refractivity contribution in [3.63, 3.8) is 0 Å². The summed E-state index contributed by atoms with van der Waals surface area (Å²) in [6.45, 7) is 8.05. The number of urea groups is 1. The number of hydrogen-bond donors (Lipinski definition) is 2. The number of carbonyl (C=O) groups is 4. The van der Waals surface area contributed by atoms with Crippen LogP contribution in [0.25, 0.3) is 0 Å². The van der Waals surface area contributed by atoms with Crippen molar-refractivity contribution in [3.8, 4) is 0 Å². The number of unbranched alkanes of at least 4 members (excludes halogenated alkanes) is 1. The third-order valence-electron chi connectivity index (χ3n) is 6.29. The molecule has 2 aromatic rings. The van der Waals surface area contributed by atoms with Gasteiger partial charge in [0.1, 0.15) is 6.04 Å². The van der Waals surface area contributed by atoms with Crippen LogP contribution in [0.1, 0.15) is 64.1 Å². The van der Waals surface area contributed by atoms with E-state index in [9.17, 15) is 19.2 Å². The Hall–Kier alpha value is -3.88. The van der Waals surface area contributed by atoms with Gasteiger partial charge in [-0.1, -0.05) is 80.4 Å². The van der Waals surface area contributed by atoms with E-state index >= 15 is 0 Å². The van der Waals surface area contributed by atoms with Crippen LogP contribution in [-0.4, -0.2) is 51.9 Å². The van der Waals surface area contributed by atoms with Crippen LogP contribution in [0, 0.1) is 0 Å². The average Bonchev–Trinajstić information content (AvgIpc) is 3.09. The van der Waals surface area contributed by atoms with E-state index in [0.717, 1.165) is 22.6 Å². The van der Waals surface area contributed by atoms with Gasteiger partial charge in [-0.3, -0.25) is 9.59 Å². The van der Waals surface area contributed by atoms with Gasteiger partial charge < -0.3 is 20.4 Å². The van der Waals surface area contributed by atoms with Gasteiger partial charge in [0.15, 0.2) is 0 Å². The van der Waals surface area contributed by atoms with E-state index in [1.54, 1.807) is 25.7 Å². The molecule has 1 saturated heterocycles. The van der Waals surface area contributed by atoms with Gasteiger partial charge in [-0.25, -0.2) is 9.59 Å². The van der Waals surface area contributed by atoms with E-state index in [1.165, 1.54) is 0 Å². The Morgan fingerprint density at radius 1 is 1.00 bits per heavy atom. The van der Waals surface area contributed by atoms with E-state index < -0.39 is 35.4 Å². The molecule has 2 atom stereocenters. The van der Waals surface area contributed by atoms with E-state index in [-0.39, 0.29) is 12.5 Å². The quantitative estimate of drug-likeness (QED) is 0.439. The first kappa shape index (κ1) is 27.7. The number of benzene rings is 2. The highest BCUT2D eigenvalue weighted by Gasteiger charge is 2.46. The number of nitrogens with one attached hydrogen (secondary N) is 2. The van der Waals surface area contributed by atoms with Crippen molar-refractivity contribution in [2.45, 2.75) is 71.1 Å². The summed E-state index contributed by atoms with van der Waals surface area (Å²) in [7, 11) is 0. The summed E-state index contributed by atoms with van der Waals surface area (Å²) in [5.41, 5.74) is 1.03. The molecule has 9 nitrogen and oxygen atoms in total. The Kier molecular flexibility index (Phi) is 9.27. The number of amides is 4. The van der Waals surface area contributed by atoms with Crippen molar-refractivity contribution in [1.82, 2.24) is 20.6 Å². The lowest BCUT2D eigenvalue weighted by atomic mass is 10.0. The lowest BCUT2D eigenvalue weighted by Crippen LogP contribution is -2.51. The molecule has 2 aromatic carbocycles. The minimum atomic E-state index is -1.07. The first-order valence-corrected chi connectivity index (χ1v) is 12.6. The maximum atomic E-state index is 13.0. The molecule has 0 radical (unpaired) electrons. The maximum Gasteiger partial charge on any atom is 0.432 e. The second-order valence-electron chi connectivity index (χ2n) is 9.92. The van der Waals surface area contributed by atoms with Gasteiger partial charge >= 0.3 is 12.1 Å². The van der Waals surface area contributed by atoms with Crippen molar-refractivity contribution in [3.05, 3.63) is 71.8 Å². The molecule has 0 unspecified atom stereocenters. The van der Waals surface area contributed by atoms with Crippen LogP contribution in [0.5, 0.6) is 0 Å². The third-order valence-corrected chi connectivity index (χ3v) is 6.29. The molecule has 3 rings (SSSR count). The van der Waals surface area contributed by atoms with Gasteiger partial charge in [0.2, 0.25) is 5.78 Å². The highest BCUT2D eigenvalue weighted by Crippen LogP contribution is 2.28. The number of ketones is 1. The minimum absolute atomic E-state index is 0.273. The van der Waals surface area contributed by atoms with E-state index in [0.29, 0.717) is 19.5 Å². The number of nitrogens with zero attached hydrogens (tertiary/aromatic N) is 2. The first-order chi connectivity index (χ1) is 17.6. The Balaban J connectivity index is 1.63. The van der Waals surface area contributed by atoms with Crippen LogP contribution in [0.3, 0.4) is 0 Å². The highest BCUT2D eigenvalue weighted by atomic mass is 16.7. The summed E-state index contributed by atoms with van der Waals surface area (Å²) in [6, 6.07) is 16.9. The van der Waals surface area contributed by atoms with Crippen molar-refractivity contribution in [1.29, 1.82) is 0 Å². The molecular weight excluding hydrogens is 472 g/mol. The van der Waals surface area contributed by atoms with Gasteiger partial charge in [-0.05, 0) is 38.3 Å². The molecule has 0 saturated carbocycles. The van der Waals surface area contributed by atoms with Crippen molar-refractivity contribution in [2.24, 2.45) is 0 Å². The minimum Gasteiger partial charge on any atom is -0.343 e. The number of carbonyl (C=O) groups excluding carboxylic acids is 4. The zero-order chi connectivity index (χ0) is 27.0. The SMILES string of the molecule is CCCC[C@H](NC(=O)ON1C(=O)N(Cc2ccccc2)CC1(C)C)C(=O)C(=O)N[C@H](C)c1ccccc1. The smallest absolute Gasteiger partial charge is 0.343 e. The molecule has 2 N–H and O–H groups in total. The van der Waals surface area contributed by atoms with Crippen LogP contribution < -0.4 is 10.6 Å². The molecule has 0 spiro atoms. The van der Waals surface area contributed by atoms with Crippen LogP contribution in [0.2, 0.25) is 0 Å². The number of rotatable bonds is 11. The van der Waals surface area contributed by atoms with Crippen molar-refractivity contribution >= 4 is 23.8 Å². The topological polar surface area (TPSA) is 108 Å². The molecule has 1 heterocycles.